The van der Waals surface area contributed by atoms with Crippen LogP contribution in [0.2, 0.25) is 0 Å². The van der Waals surface area contributed by atoms with Crippen molar-refractivity contribution in [3.63, 3.8) is 0 Å². The second-order valence-electron chi connectivity index (χ2n) is 7.67. The molecule has 160 valence electrons. The summed E-state index contributed by atoms with van der Waals surface area (Å²) in [5.41, 5.74) is 3.33. The fraction of sp³-hybridized carbons (Fsp3) is 0.269. The summed E-state index contributed by atoms with van der Waals surface area (Å²) in [4.78, 5) is 14.7. The molecular weight excluding hydrogens is 388 g/mol. The van der Waals surface area contributed by atoms with Crippen molar-refractivity contribution in [2.75, 3.05) is 32.8 Å². The normalized spacial score (nSPS) is 16.6. The highest BCUT2D eigenvalue weighted by atomic mass is 16.5. The van der Waals surface area contributed by atoms with Gasteiger partial charge < -0.3 is 14.8 Å². The zero-order chi connectivity index (χ0) is 21.3. The number of amides is 1. The summed E-state index contributed by atoms with van der Waals surface area (Å²) in [6.45, 7) is 3.73. The van der Waals surface area contributed by atoms with E-state index in [9.17, 15) is 4.79 Å². The van der Waals surface area contributed by atoms with Crippen molar-refractivity contribution in [1.29, 1.82) is 0 Å². The minimum Gasteiger partial charge on any atom is -0.483 e. The largest absolute Gasteiger partial charge is 0.483 e. The van der Waals surface area contributed by atoms with E-state index in [1.165, 1.54) is 5.56 Å². The molecule has 1 N–H and O–H groups in total. The highest BCUT2D eigenvalue weighted by Gasteiger charge is 2.21. The Bertz CT molecular complexity index is 963. The lowest BCUT2D eigenvalue weighted by atomic mass is 10.1. The van der Waals surface area contributed by atoms with Gasteiger partial charge in [0, 0.05) is 31.7 Å². The maximum atomic E-state index is 12.4. The van der Waals surface area contributed by atoms with E-state index in [1.54, 1.807) is 0 Å². The number of carbonyl (C=O) groups excluding carboxylic acids is 1. The van der Waals surface area contributed by atoms with Gasteiger partial charge in [0.15, 0.2) is 6.61 Å². The number of nitrogens with zero attached hydrogens (tertiary/aromatic N) is 1. The summed E-state index contributed by atoms with van der Waals surface area (Å²) in [5.74, 6) is 0.554. The lowest BCUT2D eigenvalue weighted by Gasteiger charge is -2.33. The Morgan fingerprint density at radius 1 is 0.968 bits per heavy atom. The van der Waals surface area contributed by atoms with E-state index < -0.39 is 0 Å². The lowest BCUT2D eigenvalue weighted by Crippen LogP contribution is -2.47. The smallest absolute Gasteiger partial charge is 0.258 e. The monoisotopic (exact) mass is 416 g/mol. The first-order valence-corrected chi connectivity index (χ1v) is 10.7. The van der Waals surface area contributed by atoms with Gasteiger partial charge in [0.2, 0.25) is 0 Å². The van der Waals surface area contributed by atoms with Gasteiger partial charge in [-0.1, -0.05) is 78.9 Å². The number of hydrogen-bond acceptors (Lipinski definition) is 4. The van der Waals surface area contributed by atoms with E-state index in [-0.39, 0.29) is 18.6 Å². The number of carbonyl (C=O) groups is 1. The fourth-order valence-electron chi connectivity index (χ4n) is 3.76. The Kier molecular flexibility index (Phi) is 7.32. The molecule has 0 unspecified atom stereocenters. The van der Waals surface area contributed by atoms with Gasteiger partial charge >= 0.3 is 0 Å². The predicted molar refractivity (Wildman–Crippen MR) is 122 cm³/mol. The quantitative estimate of drug-likeness (QED) is 0.608. The molecule has 3 aromatic rings. The first-order valence-electron chi connectivity index (χ1n) is 10.7. The van der Waals surface area contributed by atoms with Crippen molar-refractivity contribution in [1.82, 2.24) is 10.2 Å². The molecule has 1 aliphatic rings. The second-order valence-corrected chi connectivity index (χ2v) is 7.67. The van der Waals surface area contributed by atoms with Crippen LogP contribution >= 0.6 is 0 Å². The summed E-state index contributed by atoms with van der Waals surface area (Å²) in [6.07, 6.45) is -0.0157. The van der Waals surface area contributed by atoms with Gasteiger partial charge in [0.1, 0.15) is 5.75 Å². The molecule has 0 saturated carbocycles. The molecule has 1 amide bonds. The van der Waals surface area contributed by atoms with Crippen molar-refractivity contribution in [3.8, 4) is 16.9 Å². The van der Waals surface area contributed by atoms with Crippen LogP contribution in [0.25, 0.3) is 11.1 Å². The van der Waals surface area contributed by atoms with Crippen LogP contribution in [0.15, 0.2) is 84.9 Å². The molecule has 1 saturated heterocycles. The SMILES string of the molecule is O=C(COc1ccccc1-c1ccccc1)NC[C@@H]1CN(Cc2ccccc2)CCO1. The third-order valence-corrected chi connectivity index (χ3v) is 5.33. The van der Waals surface area contributed by atoms with Gasteiger partial charge in [-0.3, -0.25) is 9.69 Å². The highest BCUT2D eigenvalue weighted by Crippen LogP contribution is 2.29. The zero-order valence-corrected chi connectivity index (χ0v) is 17.6. The zero-order valence-electron chi connectivity index (χ0n) is 17.6. The molecule has 0 spiro atoms. The third-order valence-electron chi connectivity index (χ3n) is 5.33. The van der Waals surface area contributed by atoms with Crippen molar-refractivity contribution in [3.05, 3.63) is 90.5 Å². The molecule has 1 atom stereocenters. The molecule has 0 aromatic heterocycles. The van der Waals surface area contributed by atoms with Crippen molar-refractivity contribution in [2.24, 2.45) is 0 Å². The molecule has 31 heavy (non-hydrogen) atoms. The Balaban J connectivity index is 1.25. The van der Waals surface area contributed by atoms with Crippen LogP contribution in [-0.2, 0) is 16.1 Å². The molecule has 3 aromatic carbocycles. The van der Waals surface area contributed by atoms with E-state index in [0.29, 0.717) is 18.9 Å². The molecule has 5 heteroatoms. The standard InChI is InChI=1S/C26H28N2O3/c29-26(20-31-25-14-8-7-13-24(25)22-11-5-2-6-12-22)27-17-23-19-28(15-16-30-23)18-21-9-3-1-4-10-21/h1-14,23H,15-20H2,(H,27,29)/t23-/m1/s1. The first kappa shape index (κ1) is 21.1. The average molecular weight is 417 g/mol. The second kappa shape index (κ2) is 10.8. The van der Waals surface area contributed by atoms with Gasteiger partial charge in [-0.2, -0.15) is 0 Å². The Morgan fingerprint density at radius 2 is 1.68 bits per heavy atom. The first-order chi connectivity index (χ1) is 15.3. The Labute approximate surface area is 183 Å². The third kappa shape index (κ3) is 6.17. The van der Waals surface area contributed by atoms with E-state index >= 15 is 0 Å². The summed E-state index contributed by atoms with van der Waals surface area (Å²) in [7, 11) is 0. The molecule has 0 aliphatic carbocycles. The maximum Gasteiger partial charge on any atom is 0.258 e. The number of para-hydroxylation sites is 1. The summed E-state index contributed by atoms with van der Waals surface area (Å²) < 4.78 is 11.7. The van der Waals surface area contributed by atoms with Gasteiger partial charge in [-0.15, -0.1) is 0 Å². The molecule has 4 rings (SSSR count). The minimum absolute atomic E-state index is 0.0157. The molecular formula is C26H28N2O3. The number of ether oxygens (including phenoxy) is 2. The highest BCUT2D eigenvalue weighted by molar-refractivity contribution is 5.78. The summed E-state index contributed by atoms with van der Waals surface area (Å²) in [6, 6.07) is 28.2. The Morgan fingerprint density at radius 3 is 2.48 bits per heavy atom. The fourth-order valence-corrected chi connectivity index (χ4v) is 3.76. The van der Waals surface area contributed by atoms with Gasteiger partial charge in [0.05, 0.1) is 12.7 Å². The number of morpholine rings is 1. The van der Waals surface area contributed by atoms with Crippen LogP contribution in [0.4, 0.5) is 0 Å². The van der Waals surface area contributed by atoms with Gasteiger partial charge in [-0.25, -0.2) is 0 Å². The number of hydrogen-bond donors (Lipinski definition) is 1. The molecule has 1 fully saturated rings. The topological polar surface area (TPSA) is 50.8 Å². The van der Waals surface area contributed by atoms with Crippen molar-refractivity contribution in [2.45, 2.75) is 12.6 Å². The van der Waals surface area contributed by atoms with Crippen molar-refractivity contribution >= 4 is 5.91 Å². The van der Waals surface area contributed by atoms with Crippen LogP contribution < -0.4 is 10.1 Å². The average Bonchev–Trinajstić information content (AvgIpc) is 2.83. The van der Waals surface area contributed by atoms with E-state index in [2.05, 4.69) is 34.5 Å². The number of nitrogens with one attached hydrogen (secondary N) is 1. The van der Waals surface area contributed by atoms with Crippen LogP contribution in [0.3, 0.4) is 0 Å². The van der Waals surface area contributed by atoms with E-state index in [4.69, 9.17) is 9.47 Å². The number of rotatable bonds is 8. The van der Waals surface area contributed by atoms with Crippen LogP contribution in [0, 0.1) is 0 Å². The van der Waals surface area contributed by atoms with E-state index in [1.807, 2.05) is 60.7 Å². The predicted octanol–water partition coefficient (Wildman–Crippen LogP) is 3.75. The molecule has 0 radical (unpaired) electrons. The number of benzene rings is 3. The van der Waals surface area contributed by atoms with Crippen LogP contribution in [-0.4, -0.2) is 49.8 Å². The minimum atomic E-state index is -0.147. The van der Waals surface area contributed by atoms with Crippen LogP contribution in [0.1, 0.15) is 5.56 Å². The summed E-state index contributed by atoms with van der Waals surface area (Å²) >= 11 is 0. The molecule has 1 aliphatic heterocycles. The molecule has 5 nitrogen and oxygen atoms in total. The van der Waals surface area contributed by atoms with Crippen LogP contribution in [0.5, 0.6) is 5.75 Å². The maximum absolute atomic E-state index is 12.4. The molecule has 0 bridgehead atoms. The molecule has 1 heterocycles. The van der Waals surface area contributed by atoms with Crippen molar-refractivity contribution < 1.29 is 14.3 Å². The summed E-state index contributed by atoms with van der Waals surface area (Å²) in [5, 5.41) is 2.95. The van der Waals surface area contributed by atoms with Gasteiger partial charge in [0.25, 0.3) is 5.91 Å². The lowest BCUT2D eigenvalue weighted by molar-refractivity contribution is -0.124. The van der Waals surface area contributed by atoms with E-state index in [0.717, 1.165) is 30.8 Å². The Hall–Kier alpha value is -3.15. The van der Waals surface area contributed by atoms with Gasteiger partial charge in [-0.05, 0) is 17.2 Å².